The topological polar surface area (TPSA) is 109 Å². The minimum Gasteiger partial charge on any atom is -0.444 e. The first-order chi connectivity index (χ1) is 10.9. The Bertz CT molecular complexity index is 826. The zero-order valence-electron chi connectivity index (χ0n) is 12.5. The lowest BCUT2D eigenvalue weighted by atomic mass is 10.2. The quantitative estimate of drug-likeness (QED) is 0.529. The van der Waals surface area contributed by atoms with Gasteiger partial charge in [0.1, 0.15) is 17.4 Å². The number of carbonyl (C=O) groups is 1. The Labute approximate surface area is 132 Å². The van der Waals surface area contributed by atoms with E-state index in [1.54, 1.807) is 13.8 Å². The number of carbonyl (C=O) groups excluding carboxylic acids is 1. The van der Waals surface area contributed by atoms with Crippen LogP contribution < -0.4 is 5.32 Å². The summed E-state index contributed by atoms with van der Waals surface area (Å²) in [4.78, 5) is 21.9. The van der Waals surface area contributed by atoms with Gasteiger partial charge in [-0.25, -0.2) is 0 Å². The summed E-state index contributed by atoms with van der Waals surface area (Å²) in [5, 5.41) is 22.1. The van der Waals surface area contributed by atoms with Gasteiger partial charge in [-0.2, -0.15) is 5.26 Å². The molecule has 0 bridgehead atoms. The van der Waals surface area contributed by atoms with Gasteiger partial charge in [0.15, 0.2) is 0 Å². The maximum Gasteiger partial charge on any atom is 0.269 e. The summed E-state index contributed by atoms with van der Waals surface area (Å²) >= 11 is 0. The van der Waals surface area contributed by atoms with Crippen molar-refractivity contribution in [3.63, 3.8) is 0 Å². The number of benzene rings is 1. The number of anilines is 1. The van der Waals surface area contributed by atoms with E-state index in [0.29, 0.717) is 22.5 Å². The minimum absolute atomic E-state index is 0.0215. The molecule has 0 saturated carbocycles. The smallest absolute Gasteiger partial charge is 0.269 e. The standard InChI is InChI=1S/C16H13N3O4/c1-10-11(2)23-16(14(10)9-17)18-15(20)8-5-12-3-6-13(7-4-12)19(21)22/h3-8H,1-2H3,(H,18,20)/b8-5+. The molecule has 2 rings (SSSR count). The molecule has 1 aromatic heterocycles. The predicted molar refractivity (Wildman–Crippen MR) is 83.7 cm³/mol. The highest BCUT2D eigenvalue weighted by Crippen LogP contribution is 2.25. The SMILES string of the molecule is Cc1oc(NC(=O)/C=C/c2ccc([N+](=O)[O-])cc2)c(C#N)c1C. The van der Waals surface area contributed by atoms with Crippen LogP contribution in [0.5, 0.6) is 0 Å². The molecule has 7 heteroatoms. The third-order valence-corrected chi connectivity index (χ3v) is 3.26. The van der Waals surface area contributed by atoms with Crippen molar-refractivity contribution in [2.75, 3.05) is 5.32 Å². The number of amides is 1. The first-order valence-corrected chi connectivity index (χ1v) is 6.66. The highest BCUT2D eigenvalue weighted by Gasteiger charge is 2.15. The maximum atomic E-state index is 11.9. The van der Waals surface area contributed by atoms with Crippen LogP contribution in [0, 0.1) is 35.3 Å². The Kier molecular flexibility index (Phi) is 4.57. The normalized spacial score (nSPS) is 10.5. The summed E-state index contributed by atoms with van der Waals surface area (Å²) in [6, 6.07) is 7.75. The number of rotatable bonds is 4. The average Bonchev–Trinajstić information content (AvgIpc) is 2.79. The van der Waals surface area contributed by atoms with Crippen molar-refractivity contribution in [2.24, 2.45) is 0 Å². The largest absolute Gasteiger partial charge is 0.444 e. The van der Waals surface area contributed by atoms with E-state index in [0.717, 1.165) is 0 Å². The van der Waals surface area contributed by atoms with Crippen LogP contribution in [-0.2, 0) is 4.79 Å². The van der Waals surface area contributed by atoms with Crippen molar-refractivity contribution < 1.29 is 14.1 Å². The average molecular weight is 311 g/mol. The fourth-order valence-corrected chi connectivity index (χ4v) is 1.88. The minimum atomic E-state index is -0.495. The van der Waals surface area contributed by atoms with Crippen LogP contribution in [0.25, 0.3) is 6.08 Å². The Balaban J connectivity index is 2.09. The molecular weight excluding hydrogens is 298 g/mol. The van der Waals surface area contributed by atoms with Crippen LogP contribution in [0.15, 0.2) is 34.8 Å². The molecule has 23 heavy (non-hydrogen) atoms. The van der Waals surface area contributed by atoms with Gasteiger partial charge in [-0.3, -0.25) is 20.2 Å². The number of nitro groups is 1. The Morgan fingerprint density at radius 2 is 2.00 bits per heavy atom. The van der Waals surface area contributed by atoms with E-state index in [4.69, 9.17) is 9.68 Å². The first-order valence-electron chi connectivity index (χ1n) is 6.66. The molecule has 0 aliphatic heterocycles. The van der Waals surface area contributed by atoms with Gasteiger partial charge in [0.25, 0.3) is 11.6 Å². The molecule has 0 fully saturated rings. The number of non-ortho nitro benzene ring substituents is 1. The van der Waals surface area contributed by atoms with Crippen LogP contribution >= 0.6 is 0 Å². The fourth-order valence-electron chi connectivity index (χ4n) is 1.88. The molecule has 1 aromatic carbocycles. The van der Waals surface area contributed by atoms with E-state index in [-0.39, 0.29) is 11.6 Å². The van der Waals surface area contributed by atoms with Crippen molar-refractivity contribution >= 4 is 23.6 Å². The molecule has 1 N–H and O–H groups in total. The molecule has 1 amide bonds. The molecule has 7 nitrogen and oxygen atoms in total. The summed E-state index contributed by atoms with van der Waals surface area (Å²) < 4.78 is 5.34. The van der Waals surface area contributed by atoms with Gasteiger partial charge in [0, 0.05) is 23.8 Å². The van der Waals surface area contributed by atoms with Crippen molar-refractivity contribution in [1.29, 1.82) is 5.26 Å². The number of hydrogen-bond acceptors (Lipinski definition) is 5. The van der Waals surface area contributed by atoms with E-state index >= 15 is 0 Å². The lowest BCUT2D eigenvalue weighted by molar-refractivity contribution is -0.384. The monoisotopic (exact) mass is 311 g/mol. The first kappa shape index (κ1) is 16.0. The van der Waals surface area contributed by atoms with Gasteiger partial charge in [0.2, 0.25) is 5.88 Å². The molecule has 0 aliphatic carbocycles. The van der Waals surface area contributed by atoms with Crippen LogP contribution in [0.2, 0.25) is 0 Å². The highest BCUT2D eigenvalue weighted by atomic mass is 16.6. The molecule has 0 aliphatic rings. The number of furan rings is 1. The zero-order valence-corrected chi connectivity index (χ0v) is 12.5. The molecule has 0 unspecified atom stereocenters. The summed E-state index contributed by atoms with van der Waals surface area (Å²) in [6.45, 7) is 3.44. The van der Waals surface area contributed by atoms with E-state index in [1.165, 1.54) is 36.4 Å². The number of aryl methyl sites for hydroxylation is 1. The zero-order chi connectivity index (χ0) is 17.0. The number of nitrogens with one attached hydrogen (secondary N) is 1. The van der Waals surface area contributed by atoms with Crippen LogP contribution in [0.3, 0.4) is 0 Å². The summed E-state index contributed by atoms with van der Waals surface area (Å²) in [5.74, 6) is 0.214. The lowest BCUT2D eigenvalue weighted by Gasteiger charge is -1.98. The molecule has 0 radical (unpaired) electrons. The Morgan fingerprint density at radius 3 is 2.57 bits per heavy atom. The van der Waals surface area contributed by atoms with Gasteiger partial charge < -0.3 is 4.42 Å². The second kappa shape index (κ2) is 6.58. The van der Waals surface area contributed by atoms with Gasteiger partial charge >= 0.3 is 0 Å². The summed E-state index contributed by atoms with van der Waals surface area (Å²) in [5.41, 5.74) is 1.59. The molecule has 0 spiro atoms. The Hall–Kier alpha value is -3.40. The molecule has 2 aromatic rings. The van der Waals surface area contributed by atoms with Gasteiger partial charge in [0.05, 0.1) is 4.92 Å². The number of hydrogen-bond donors (Lipinski definition) is 1. The van der Waals surface area contributed by atoms with Gasteiger partial charge in [-0.15, -0.1) is 0 Å². The van der Waals surface area contributed by atoms with Crippen molar-refractivity contribution in [3.05, 3.63) is 62.9 Å². The van der Waals surface area contributed by atoms with Crippen molar-refractivity contribution in [1.82, 2.24) is 0 Å². The molecule has 1 heterocycles. The second-order valence-electron chi connectivity index (χ2n) is 4.77. The summed E-state index contributed by atoms with van der Waals surface area (Å²) in [6.07, 6.45) is 2.77. The van der Waals surface area contributed by atoms with Gasteiger partial charge in [-0.1, -0.05) is 0 Å². The molecule has 116 valence electrons. The number of nitriles is 1. The summed E-state index contributed by atoms with van der Waals surface area (Å²) in [7, 11) is 0. The van der Waals surface area contributed by atoms with E-state index < -0.39 is 10.8 Å². The van der Waals surface area contributed by atoms with E-state index in [2.05, 4.69) is 5.32 Å². The van der Waals surface area contributed by atoms with Crippen LogP contribution in [0.1, 0.15) is 22.5 Å². The third-order valence-electron chi connectivity index (χ3n) is 3.26. The van der Waals surface area contributed by atoms with Gasteiger partial charge in [-0.05, 0) is 37.6 Å². The predicted octanol–water partition coefficient (Wildman–Crippen LogP) is 3.33. The van der Waals surface area contributed by atoms with Crippen LogP contribution in [0.4, 0.5) is 11.6 Å². The molecule has 0 atom stereocenters. The number of nitrogens with zero attached hydrogens (tertiary/aromatic N) is 2. The third kappa shape index (κ3) is 3.63. The van der Waals surface area contributed by atoms with Crippen LogP contribution in [-0.4, -0.2) is 10.8 Å². The van der Waals surface area contributed by atoms with E-state index in [1.807, 2.05) is 6.07 Å². The number of nitro benzene ring substituents is 1. The molecule has 0 saturated heterocycles. The highest BCUT2D eigenvalue weighted by molar-refractivity contribution is 6.01. The second-order valence-corrected chi connectivity index (χ2v) is 4.77. The fraction of sp³-hybridized carbons (Fsp3) is 0.125. The lowest BCUT2D eigenvalue weighted by Crippen LogP contribution is -2.08. The maximum absolute atomic E-state index is 11.9. The molecular formula is C16H13N3O4. The Morgan fingerprint density at radius 1 is 1.35 bits per heavy atom. The van der Waals surface area contributed by atoms with E-state index in [9.17, 15) is 14.9 Å². The van der Waals surface area contributed by atoms with Crippen molar-refractivity contribution in [2.45, 2.75) is 13.8 Å². The van der Waals surface area contributed by atoms with Crippen molar-refractivity contribution in [3.8, 4) is 6.07 Å².